The Labute approximate surface area is 162 Å². The van der Waals surface area contributed by atoms with Crippen molar-refractivity contribution in [2.45, 2.75) is 78.3 Å². The molecule has 6 heteroatoms. The van der Waals surface area contributed by atoms with Crippen molar-refractivity contribution in [1.82, 2.24) is 0 Å². The van der Waals surface area contributed by atoms with Gasteiger partial charge in [0.25, 0.3) is 0 Å². The summed E-state index contributed by atoms with van der Waals surface area (Å²) in [6.45, 7) is 9.80. The molecule has 0 N–H and O–H groups in total. The van der Waals surface area contributed by atoms with Crippen molar-refractivity contribution in [2.75, 3.05) is 7.11 Å². The number of esters is 1. The molecule has 0 radical (unpaired) electrons. The lowest BCUT2D eigenvalue weighted by atomic mass is 9.94. The van der Waals surface area contributed by atoms with E-state index >= 15 is 0 Å². The van der Waals surface area contributed by atoms with Gasteiger partial charge in [0.05, 0.1) is 5.60 Å². The molecule has 0 amide bonds. The Morgan fingerprint density at radius 1 is 0.852 bits per heavy atom. The largest absolute Gasteiger partial charge is 0.509 e. The van der Waals surface area contributed by atoms with Gasteiger partial charge in [-0.1, -0.05) is 31.2 Å². The van der Waals surface area contributed by atoms with Crippen LogP contribution in [-0.2, 0) is 37.0 Å². The van der Waals surface area contributed by atoms with Gasteiger partial charge < -0.3 is 18.9 Å². The number of benzene rings is 1. The molecule has 0 saturated heterocycles. The number of carbonyl (C=O) groups is 2. The Hall–Kier alpha value is -2.08. The highest BCUT2D eigenvalue weighted by Crippen LogP contribution is 2.24. The third-order valence-electron chi connectivity index (χ3n) is 4.31. The van der Waals surface area contributed by atoms with Gasteiger partial charge >= 0.3 is 12.1 Å². The van der Waals surface area contributed by atoms with Gasteiger partial charge in [-0.3, -0.25) is 4.79 Å². The van der Waals surface area contributed by atoms with Crippen LogP contribution in [0, 0.1) is 0 Å². The number of ether oxygens (including phenoxy) is 4. The first-order valence-corrected chi connectivity index (χ1v) is 9.21. The van der Waals surface area contributed by atoms with Crippen LogP contribution in [0.4, 0.5) is 4.79 Å². The van der Waals surface area contributed by atoms with Crippen LogP contribution < -0.4 is 0 Å². The topological polar surface area (TPSA) is 71.1 Å². The summed E-state index contributed by atoms with van der Waals surface area (Å²) in [7, 11) is 1.67. The minimum atomic E-state index is -0.698. The lowest BCUT2D eigenvalue weighted by Crippen LogP contribution is -2.32. The molecule has 0 aliphatic rings. The van der Waals surface area contributed by atoms with Gasteiger partial charge in [0.1, 0.15) is 18.8 Å². The number of rotatable bonds is 10. The molecule has 27 heavy (non-hydrogen) atoms. The minimum absolute atomic E-state index is 0.119. The predicted octanol–water partition coefficient (Wildman–Crippen LogP) is 4.78. The molecule has 1 aromatic rings. The Bertz CT molecular complexity index is 604. The van der Waals surface area contributed by atoms with Crippen molar-refractivity contribution < 1.29 is 28.5 Å². The molecule has 0 spiro atoms. The monoisotopic (exact) mass is 380 g/mol. The zero-order valence-electron chi connectivity index (χ0n) is 17.3. The molecule has 0 aliphatic heterocycles. The van der Waals surface area contributed by atoms with Crippen molar-refractivity contribution in [3.63, 3.8) is 0 Å². The van der Waals surface area contributed by atoms with Crippen LogP contribution in [0.1, 0.15) is 65.0 Å². The first-order valence-electron chi connectivity index (χ1n) is 9.21. The van der Waals surface area contributed by atoms with Crippen LogP contribution in [0.15, 0.2) is 24.3 Å². The second-order valence-corrected chi connectivity index (χ2v) is 7.69. The highest BCUT2D eigenvalue weighted by Gasteiger charge is 2.28. The van der Waals surface area contributed by atoms with Gasteiger partial charge in [0.15, 0.2) is 0 Å². The van der Waals surface area contributed by atoms with Gasteiger partial charge in [0, 0.05) is 13.5 Å². The summed E-state index contributed by atoms with van der Waals surface area (Å²) in [5.41, 5.74) is 0.804. The fourth-order valence-corrected chi connectivity index (χ4v) is 2.15. The van der Waals surface area contributed by atoms with Crippen LogP contribution in [0.3, 0.4) is 0 Å². The standard InChI is InChI=1S/C21H32O6/c1-7-18(22)25-14-16-8-10-17(11-9-16)15-26-19(23)27-21(4,5)13-12-20(2,3)24-6/h8-11H,7,12-15H2,1-6H3. The van der Waals surface area contributed by atoms with E-state index in [-0.39, 0.29) is 24.8 Å². The lowest BCUT2D eigenvalue weighted by molar-refractivity contribution is -0.144. The molecule has 0 saturated carbocycles. The highest BCUT2D eigenvalue weighted by molar-refractivity contribution is 5.68. The molecule has 0 heterocycles. The first kappa shape index (κ1) is 23.0. The molecular weight excluding hydrogens is 348 g/mol. The zero-order chi connectivity index (χ0) is 20.5. The minimum Gasteiger partial charge on any atom is -0.461 e. The van der Waals surface area contributed by atoms with Crippen LogP contribution in [0.2, 0.25) is 0 Å². The number of carbonyl (C=O) groups excluding carboxylic acids is 2. The first-order chi connectivity index (χ1) is 12.6. The van der Waals surface area contributed by atoms with Crippen LogP contribution in [-0.4, -0.2) is 30.4 Å². The molecule has 0 atom stereocenters. The second-order valence-electron chi connectivity index (χ2n) is 7.69. The average molecular weight is 380 g/mol. The molecule has 0 bridgehead atoms. The SMILES string of the molecule is CCC(=O)OCc1ccc(COC(=O)OC(C)(C)CCC(C)(C)OC)cc1. The summed E-state index contributed by atoms with van der Waals surface area (Å²) < 4.78 is 21.1. The fraction of sp³-hybridized carbons (Fsp3) is 0.619. The predicted molar refractivity (Wildman–Crippen MR) is 102 cm³/mol. The maximum atomic E-state index is 12.0. The molecule has 0 aliphatic carbocycles. The van der Waals surface area contributed by atoms with Crippen LogP contribution in [0.25, 0.3) is 0 Å². The maximum Gasteiger partial charge on any atom is 0.509 e. The number of methoxy groups -OCH3 is 1. The second kappa shape index (κ2) is 10.3. The summed E-state index contributed by atoms with van der Waals surface area (Å²) in [6, 6.07) is 7.33. The third kappa shape index (κ3) is 9.43. The van der Waals surface area contributed by atoms with Crippen LogP contribution >= 0.6 is 0 Å². The van der Waals surface area contributed by atoms with Crippen molar-refractivity contribution in [3.05, 3.63) is 35.4 Å². The highest BCUT2D eigenvalue weighted by atomic mass is 16.7. The molecule has 0 fully saturated rings. The van der Waals surface area contributed by atoms with Gasteiger partial charge in [-0.05, 0) is 51.7 Å². The number of hydrogen-bond acceptors (Lipinski definition) is 6. The van der Waals surface area contributed by atoms with E-state index in [9.17, 15) is 9.59 Å². The van der Waals surface area contributed by atoms with E-state index in [1.807, 2.05) is 52.0 Å². The van der Waals surface area contributed by atoms with Crippen LogP contribution in [0.5, 0.6) is 0 Å². The van der Waals surface area contributed by atoms with E-state index in [1.165, 1.54) is 0 Å². The van der Waals surface area contributed by atoms with Crippen molar-refractivity contribution in [3.8, 4) is 0 Å². The molecule has 6 nitrogen and oxygen atoms in total. The smallest absolute Gasteiger partial charge is 0.461 e. The Morgan fingerprint density at radius 2 is 1.33 bits per heavy atom. The summed E-state index contributed by atoms with van der Waals surface area (Å²) in [5.74, 6) is -0.235. The summed E-state index contributed by atoms with van der Waals surface area (Å²) >= 11 is 0. The zero-order valence-corrected chi connectivity index (χ0v) is 17.3. The van der Waals surface area contributed by atoms with Gasteiger partial charge in [-0.25, -0.2) is 4.79 Å². The summed E-state index contributed by atoms with van der Waals surface area (Å²) in [4.78, 5) is 23.1. The Kier molecular flexibility index (Phi) is 8.76. The molecule has 1 aromatic carbocycles. The normalized spacial score (nSPS) is 11.8. The Morgan fingerprint density at radius 3 is 1.81 bits per heavy atom. The molecule has 0 aromatic heterocycles. The van der Waals surface area contributed by atoms with Gasteiger partial charge in [-0.2, -0.15) is 0 Å². The quantitative estimate of drug-likeness (QED) is 0.544. The number of hydrogen-bond donors (Lipinski definition) is 0. The average Bonchev–Trinajstić information content (AvgIpc) is 2.63. The van der Waals surface area contributed by atoms with E-state index in [1.54, 1.807) is 14.0 Å². The van der Waals surface area contributed by atoms with E-state index in [2.05, 4.69) is 0 Å². The van der Waals surface area contributed by atoms with Crippen molar-refractivity contribution in [1.29, 1.82) is 0 Å². The van der Waals surface area contributed by atoms with Crippen molar-refractivity contribution in [2.24, 2.45) is 0 Å². The maximum absolute atomic E-state index is 12.0. The van der Waals surface area contributed by atoms with E-state index in [0.29, 0.717) is 12.8 Å². The van der Waals surface area contributed by atoms with E-state index in [4.69, 9.17) is 18.9 Å². The van der Waals surface area contributed by atoms with E-state index in [0.717, 1.165) is 17.5 Å². The summed E-state index contributed by atoms with van der Waals surface area (Å²) in [5, 5.41) is 0. The van der Waals surface area contributed by atoms with Crippen molar-refractivity contribution >= 4 is 12.1 Å². The summed E-state index contributed by atoms with van der Waals surface area (Å²) in [6.07, 6.45) is 1.08. The van der Waals surface area contributed by atoms with Gasteiger partial charge in [0.2, 0.25) is 0 Å². The molecule has 1 rings (SSSR count). The lowest BCUT2D eigenvalue weighted by Gasteiger charge is -2.29. The van der Waals surface area contributed by atoms with E-state index < -0.39 is 11.8 Å². The third-order valence-corrected chi connectivity index (χ3v) is 4.31. The Balaban J connectivity index is 2.41. The fourth-order valence-electron chi connectivity index (χ4n) is 2.15. The van der Waals surface area contributed by atoms with Gasteiger partial charge in [-0.15, -0.1) is 0 Å². The molecule has 152 valence electrons. The molecular formula is C21H32O6. The molecule has 0 unspecified atom stereocenters.